The zero-order chi connectivity index (χ0) is 20.8. The van der Waals surface area contributed by atoms with Crippen molar-refractivity contribution in [2.24, 2.45) is 23.7 Å². The highest BCUT2D eigenvalue weighted by Crippen LogP contribution is 2.44. The van der Waals surface area contributed by atoms with Crippen molar-refractivity contribution in [1.29, 1.82) is 0 Å². The van der Waals surface area contributed by atoms with Gasteiger partial charge >= 0.3 is 0 Å². The van der Waals surface area contributed by atoms with Crippen LogP contribution in [-0.4, -0.2) is 60.0 Å². The average molecular weight is 394 g/mol. The van der Waals surface area contributed by atoms with Crippen molar-refractivity contribution < 1.29 is 19.5 Å². The summed E-state index contributed by atoms with van der Waals surface area (Å²) in [6.07, 6.45) is 7.24. The van der Waals surface area contributed by atoms with Crippen molar-refractivity contribution in [2.75, 3.05) is 20.2 Å². The van der Waals surface area contributed by atoms with Crippen molar-refractivity contribution in [3.8, 4) is 0 Å². The Morgan fingerprint density at radius 1 is 1.14 bits per heavy atom. The molecule has 5 atom stereocenters. The van der Waals surface area contributed by atoms with E-state index in [1.807, 2.05) is 32.9 Å². The molecule has 2 aliphatic rings. The number of likely N-dealkylation sites (tertiary alicyclic amines) is 1. The van der Waals surface area contributed by atoms with E-state index in [0.717, 1.165) is 25.7 Å². The first-order valence-corrected chi connectivity index (χ1v) is 10.4. The quantitative estimate of drug-likeness (QED) is 0.403. The molecule has 7 heteroatoms. The van der Waals surface area contributed by atoms with Gasteiger partial charge in [-0.3, -0.25) is 14.4 Å². The molecule has 0 saturated carbocycles. The largest absolute Gasteiger partial charge is 0.396 e. The second-order valence-corrected chi connectivity index (χ2v) is 8.26. The van der Waals surface area contributed by atoms with Crippen LogP contribution in [0.1, 0.15) is 46.5 Å². The Bertz CT molecular complexity index is 604. The van der Waals surface area contributed by atoms with Crippen LogP contribution >= 0.6 is 0 Å². The van der Waals surface area contributed by atoms with E-state index in [0.29, 0.717) is 6.54 Å². The predicted octanol–water partition coefficient (Wildman–Crippen LogP) is 1.08. The topological polar surface area (TPSA) is 98.7 Å². The fourth-order valence-corrected chi connectivity index (χ4v) is 4.52. The van der Waals surface area contributed by atoms with Crippen LogP contribution in [0.4, 0.5) is 0 Å². The molecule has 3 N–H and O–H groups in total. The van der Waals surface area contributed by atoms with Gasteiger partial charge in [0.2, 0.25) is 17.7 Å². The maximum absolute atomic E-state index is 13.3. The van der Waals surface area contributed by atoms with Gasteiger partial charge in [0.15, 0.2) is 0 Å². The maximum Gasteiger partial charge on any atom is 0.243 e. The van der Waals surface area contributed by atoms with Crippen molar-refractivity contribution in [3.05, 3.63) is 12.2 Å². The van der Waals surface area contributed by atoms with Gasteiger partial charge in [0, 0.05) is 32.2 Å². The lowest BCUT2D eigenvalue weighted by Crippen LogP contribution is -2.49. The summed E-state index contributed by atoms with van der Waals surface area (Å²) in [6.45, 7) is 6.41. The number of rotatable bonds is 9. The molecular weight excluding hydrogens is 358 g/mol. The lowest BCUT2D eigenvalue weighted by atomic mass is 9.70. The molecule has 3 amide bonds. The second-order valence-electron chi connectivity index (χ2n) is 8.26. The van der Waals surface area contributed by atoms with Crippen molar-refractivity contribution in [2.45, 2.75) is 58.5 Å². The van der Waals surface area contributed by atoms with E-state index in [4.69, 9.17) is 5.11 Å². The Hall–Kier alpha value is -1.89. The standard InChI is InChI=1S/C21H35N3O4/c1-13(2)23-20(27)18-15-10-9-14(3)16(19(26)22-4)17(15)21(28)24(18)11-7-5-6-8-12-25/h9-10,13-18,25H,5-8,11-12H2,1-4H3,(H,22,26)(H,23,27)/t14-,15+,16-,17-,18+/m1/s1. The highest BCUT2D eigenvalue weighted by molar-refractivity contribution is 5.96. The first-order valence-electron chi connectivity index (χ1n) is 10.4. The normalized spacial score (nSPS) is 29.1. The SMILES string of the molecule is CNC(=O)[C@H]1[C@@H]2C(=O)N(CCCCCCO)[C@H](C(=O)NC(C)C)[C@H]2C=C[C@H]1C. The van der Waals surface area contributed by atoms with E-state index in [2.05, 4.69) is 10.6 Å². The van der Waals surface area contributed by atoms with Crippen molar-refractivity contribution in [3.63, 3.8) is 0 Å². The minimum Gasteiger partial charge on any atom is -0.396 e. The molecule has 0 aromatic carbocycles. The third kappa shape index (κ3) is 4.74. The van der Waals surface area contributed by atoms with E-state index in [9.17, 15) is 14.4 Å². The van der Waals surface area contributed by atoms with Gasteiger partial charge in [0.25, 0.3) is 0 Å². The number of unbranched alkanes of at least 4 members (excludes halogenated alkanes) is 3. The van der Waals surface area contributed by atoms with Gasteiger partial charge < -0.3 is 20.6 Å². The van der Waals surface area contributed by atoms with E-state index in [1.165, 1.54) is 0 Å². The number of amides is 3. The highest BCUT2D eigenvalue weighted by Gasteiger charge is 2.56. The molecule has 1 aliphatic heterocycles. The molecule has 1 aliphatic carbocycles. The summed E-state index contributed by atoms with van der Waals surface area (Å²) < 4.78 is 0. The lowest BCUT2D eigenvalue weighted by Gasteiger charge is -2.32. The molecule has 7 nitrogen and oxygen atoms in total. The first kappa shape index (κ1) is 22.4. The number of hydrogen-bond donors (Lipinski definition) is 3. The number of carbonyl (C=O) groups excluding carboxylic acids is 3. The second kappa shape index (κ2) is 10.0. The zero-order valence-electron chi connectivity index (χ0n) is 17.5. The molecule has 1 fully saturated rings. The number of nitrogens with zero attached hydrogens (tertiary/aromatic N) is 1. The van der Waals surface area contributed by atoms with Gasteiger partial charge in [-0.15, -0.1) is 0 Å². The average Bonchev–Trinajstić information content (AvgIpc) is 2.92. The summed E-state index contributed by atoms with van der Waals surface area (Å²) >= 11 is 0. The molecular formula is C21H35N3O4. The summed E-state index contributed by atoms with van der Waals surface area (Å²) in [7, 11) is 1.59. The molecule has 0 bridgehead atoms. The lowest BCUT2D eigenvalue weighted by molar-refractivity contribution is -0.140. The van der Waals surface area contributed by atoms with Crippen LogP contribution < -0.4 is 10.6 Å². The van der Waals surface area contributed by atoms with E-state index >= 15 is 0 Å². The molecule has 1 saturated heterocycles. The van der Waals surface area contributed by atoms with Gasteiger partial charge in [0.1, 0.15) is 6.04 Å². The molecule has 1 heterocycles. The van der Waals surface area contributed by atoms with Crippen LogP contribution in [-0.2, 0) is 14.4 Å². The highest BCUT2D eigenvalue weighted by atomic mass is 16.3. The number of allylic oxidation sites excluding steroid dienone is 1. The number of nitrogens with one attached hydrogen (secondary N) is 2. The number of carbonyl (C=O) groups is 3. The minimum atomic E-state index is -0.575. The summed E-state index contributed by atoms with van der Waals surface area (Å²) in [5.74, 6) is -1.69. The third-order valence-corrected chi connectivity index (χ3v) is 5.83. The third-order valence-electron chi connectivity index (χ3n) is 5.83. The molecule has 28 heavy (non-hydrogen) atoms. The molecule has 0 unspecified atom stereocenters. The van der Waals surface area contributed by atoms with Gasteiger partial charge in [-0.2, -0.15) is 0 Å². The minimum absolute atomic E-state index is 0.0192. The summed E-state index contributed by atoms with van der Waals surface area (Å²) in [4.78, 5) is 40.5. The Morgan fingerprint density at radius 2 is 1.82 bits per heavy atom. The predicted molar refractivity (Wildman–Crippen MR) is 107 cm³/mol. The summed E-state index contributed by atoms with van der Waals surface area (Å²) in [5, 5.41) is 14.6. The fraction of sp³-hybridized carbons (Fsp3) is 0.762. The van der Waals surface area contributed by atoms with E-state index in [1.54, 1.807) is 11.9 Å². The van der Waals surface area contributed by atoms with Crippen LogP contribution in [0.5, 0.6) is 0 Å². The Labute approximate surface area is 167 Å². The Morgan fingerprint density at radius 3 is 2.43 bits per heavy atom. The first-order chi connectivity index (χ1) is 13.3. The van der Waals surface area contributed by atoms with Crippen molar-refractivity contribution in [1.82, 2.24) is 15.5 Å². The summed E-state index contributed by atoms with van der Waals surface area (Å²) in [5.41, 5.74) is 0. The van der Waals surface area contributed by atoms with Gasteiger partial charge in [-0.1, -0.05) is 31.9 Å². The van der Waals surface area contributed by atoms with Crippen LogP contribution in [0.3, 0.4) is 0 Å². The maximum atomic E-state index is 13.3. The van der Waals surface area contributed by atoms with Crippen LogP contribution in [0.25, 0.3) is 0 Å². The van der Waals surface area contributed by atoms with Gasteiger partial charge in [-0.25, -0.2) is 0 Å². The molecule has 0 aromatic heterocycles. The van der Waals surface area contributed by atoms with E-state index < -0.39 is 17.9 Å². The molecule has 0 aromatic rings. The van der Waals surface area contributed by atoms with Gasteiger partial charge in [-0.05, 0) is 32.6 Å². The Balaban J connectivity index is 2.26. The van der Waals surface area contributed by atoms with Crippen LogP contribution in [0.2, 0.25) is 0 Å². The number of aliphatic hydroxyl groups excluding tert-OH is 1. The monoisotopic (exact) mass is 393 g/mol. The molecule has 2 rings (SSSR count). The zero-order valence-corrected chi connectivity index (χ0v) is 17.5. The van der Waals surface area contributed by atoms with E-state index in [-0.39, 0.29) is 42.2 Å². The number of fused-ring (bicyclic) bond motifs is 1. The van der Waals surface area contributed by atoms with Crippen LogP contribution in [0.15, 0.2) is 12.2 Å². The number of hydrogen-bond acceptors (Lipinski definition) is 4. The molecule has 0 spiro atoms. The van der Waals surface area contributed by atoms with Crippen LogP contribution in [0, 0.1) is 23.7 Å². The fourth-order valence-electron chi connectivity index (χ4n) is 4.52. The van der Waals surface area contributed by atoms with Crippen molar-refractivity contribution >= 4 is 17.7 Å². The Kier molecular flexibility index (Phi) is 8.04. The molecule has 158 valence electrons. The smallest absolute Gasteiger partial charge is 0.243 e. The number of aliphatic hydroxyl groups is 1. The van der Waals surface area contributed by atoms with Gasteiger partial charge in [0.05, 0.1) is 11.8 Å². The summed E-state index contributed by atoms with van der Waals surface area (Å²) in [6, 6.07) is -0.595. The molecule has 0 radical (unpaired) electrons.